The van der Waals surface area contributed by atoms with Crippen LogP contribution < -0.4 is 11.1 Å². The Bertz CT molecular complexity index is 792. The molecule has 3 aromatic rings. The fraction of sp³-hybridized carbons (Fsp3) is 0.0625. The van der Waals surface area contributed by atoms with Crippen molar-refractivity contribution in [1.29, 1.82) is 0 Å². The van der Waals surface area contributed by atoms with E-state index in [1.165, 1.54) is 4.70 Å². The molecule has 0 aliphatic heterocycles. The maximum Gasteiger partial charge on any atom is 0.257 e. The van der Waals surface area contributed by atoms with Crippen molar-refractivity contribution in [1.82, 2.24) is 0 Å². The molecule has 0 atom stereocenters. The van der Waals surface area contributed by atoms with Gasteiger partial charge in [0.25, 0.3) is 5.91 Å². The van der Waals surface area contributed by atoms with Gasteiger partial charge in [0.05, 0.1) is 5.56 Å². The molecular weight excluding hydrogens is 268 g/mol. The van der Waals surface area contributed by atoms with Crippen molar-refractivity contribution in [2.24, 2.45) is 0 Å². The van der Waals surface area contributed by atoms with Crippen molar-refractivity contribution < 1.29 is 4.79 Å². The number of aryl methyl sites for hydroxylation is 1. The standard InChI is InChI=1S/C16H14N2OS/c1-10-3-2-4-13(15(10)17)16(19)18-12-5-6-14-11(9-12)7-8-20-14/h2-9H,17H2,1H3,(H,18,19). The average Bonchev–Trinajstić information content (AvgIpc) is 2.89. The second-order valence-corrected chi connectivity index (χ2v) is 5.61. The van der Waals surface area contributed by atoms with Gasteiger partial charge in [-0.2, -0.15) is 0 Å². The van der Waals surface area contributed by atoms with Gasteiger partial charge in [0, 0.05) is 16.1 Å². The Morgan fingerprint density at radius 2 is 2.05 bits per heavy atom. The number of amides is 1. The molecule has 0 aliphatic rings. The highest BCUT2D eigenvalue weighted by atomic mass is 32.1. The van der Waals surface area contributed by atoms with Crippen LogP contribution in [0.3, 0.4) is 0 Å². The number of benzene rings is 2. The normalized spacial score (nSPS) is 10.7. The lowest BCUT2D eigenvalue weighted by atomic mass is 10.1. The van der Waals surface area contributed by atoms with Crippen molar-refractivity contribution in [3.05, 3.63) is 59.0 Å². The van der Waals surface area contributed by atoms with Crippen LogP contribution in [0.25, 0.3) is 10.1 Å². The zero-order valence-corrected chi connectivity index (χ0v) is 11.8. The van der Waals surface area contributed by atoms with E-state index in [-0.39, 0.29) is 5.91 Å². The lowest BCUT2D eigenvalue weighted by molar-refractivity contribution is 0.102. The number of hydrogen-bond donors (Lipinski definition) is 2. The minimum atomic E-state index is -0.180. The van der Waals surface area contributed by atoms with Gasteiger partial charge in [0.2, 0.25) is 0 Å². The third kappa shape index (κ3) is 2.26. The minimum Gasteiger partial charge on any atom is -0.398 e. The number of rotatable bonds is 2. The number of nitrogen functional groups attached to an aromatic ring is 1. The molecule has 3 nitrogen and oxygen atoms in total. The van der Waals surface area contributed by atoms with Gasteiger partial charge in [-0.1, -0.05) is 12.1 Å². The summed E-state index contributed by atoms with van der Waals surface area (Å²) in [5.41, 5.74) is 8.68. The number of anilines is 2. The smallest absolute Gasteiger partial charge is 0.257 e. The van der Waals surface area contributed by atoms with Gasteiger partial charge in [0.15, 0.2) is 0 Å². The lowest BCUT2D eigenvalue weighted by Gasteiger charge is -2.09. The Morgan fingerprint density at radius 1 is 1.20 bits per heavy atom. The average molecular weight is 282 g/mol. The molecule has 2 aromatic carbocycles. The van der Waals surface area contributed by atoms with Crippen LogP contribution in [-0.2, 0) is 0 Å². The summed E-state index contributed by atoms with van der Waals surface area (Å²) in [6.07, 6.45) is 0. The van der Waals surface area contributed by atoms with Gasteiger partial charge in [-0.05, 0) is 53.6 Å². The molecular formula is C16H14N2OS. The van der Waals surface area contributed by atoms with Crippen molar-refractivity contribution in [3.63, 3.8) is 0 Å². The summed E-state index contributed by atoms with van der Waals surface area (Å²) in [5, 5.41) is 6.06. The van der Waals surface area contributed by atoms with Gasteiger partial charge in [-0.15, -0.1) is 11.3 Å². The van der Waals surface area contributed by atoms with Crippen molar-refractivity contribution >= 4 is 38.7 Å². The fourth-order valence-corrected chi connectivity index (χ4v) is 2.89. The van der Waals surface area contributed by atoms with Crippen LogP contribution in [0.15, 0.2) is 47.8 Å². The zero-order valence-electron chi connectivity index (χ0n) is 11.0. The quantitative estimate of drug-likeness (QED) is 0.697. The Hall–Kier alpha value is -2.33. The van der Waals surface area contributed by atoms with Crippen LogP contribution in [0.4, 0.5) is 11.4 Å². The highest BCUT2D eigenvalue weighted by molar-refractivity contribution is 7.17. The van der Waals surface area contributed by atoms with Crippen LogP contribution >= 0.6 is 11.3 Å². The van der Waals surface area contributed by atoms with Crippen LogP contribution in [0.2, 0.25) is 0 Å². The predicted octanol–water partition coefficient (Wildman–Crippen LogP) is 4.04. The number of thiophene rings is 1. The zero-order chi connectivity index (χ0) is 14.1. The summed E-state index contributed by atoms with van der Waals surface area (Å²) in [6.45, 7) is 1.89. The van der Waals surface area contributed by atoms with E-state index < -0.39 is 0 Å². The summed E-state index contributed by atoms with van der Waals surface area (Å²) >= 11 is 1.68. The highest BCUT2D eigenvalue weighted by Gasteiger charge is 2.11. The minimum absolute atomic E-state index is 0.180. The molecule has 4 heteroatoms. The second kappa shape index (κ2) is 4.98. The summed E-state index contributed by atoms with van der Waals surface area (Å²) in [5.74, 6) is -0.180. The molecule has 0 radical (unpaired) electrons. The Balaban J connectivity index is 1.90. The Kier molecular flexibility index (Phi) is 3.16. The van der Waals surface area contributed by atoms with Gasteiger partial charge in [-0.25, -0.2) is 0 Å². The number of nitrogens with two attached hydrogens (primary N) is 1. The largest absolute Gasteiger partial charge is 0.398 e. The fourth-order valence-electron chi connectivity index (χ4n) is 2.12. The predicted molar refractivity (Wildman–Crippen MR) is 85.4 cm³/mol. The number of nitrogens with one attached hydrogen (secondary N) is 1. The van der Waals surface area contributed by atoms with E-state index in [4.69, 9.17) is 5.73 Å². The molecule has 0 unspecified atom stereocenters. The molecule has 0 aliphatic carbocycles. The van der Waals surface area contributed by atoms with Gasteiger partial charge >= 0.3 is 0 Å². The number of carbonyl (C=O) groups is 1. The third-order valence-corrected chi connectivity index (χ3v) is 4.18. The summed E-state index contributed by atoms with van der Waals surface area (Å²) in [7, 11) is 0. The topological polar surface area (TPSA) is 55.1 Å². The van der Waals surface area contributed by atoms with Crippen LogP contribution in [-0.4, -0.2) is 5.91 Å². The molecule has 3 rings (SSSR count). The van der Waals surface area contributed by atoms with Gasteiger partial charge in [-0.3, -0.25) is 4.79 Å². The van der Waals surface area contributed by atoms with E-state index >= 15 is 0 Å². The first-order valence-electron chi connectivity index (χ1n) is 6.29. The molecule has 0 spiro atoms. The van der Waals surface area contributed by atoms with E-state index in [0.29, 0.717) is 11.3 Å². The summed E-state index contributed by atoms with van der Waals surface area (Å²) < 4.78 is 1.21. The van der Waals surface area contributed by atoms with E-state index in [1.807, 2.05) is 48.7 Å². The van der Waals surface area contributed by atoms with Gasteiger partial charge < -0.3 is 11.1 Å². The summed E-state index contributed by atoms with van der Waals surface area (Å²) in [4.78, 5) is 12.3. The van der Waals surface area contributed by atoms with Crippen molar-refractivity contribution in [3.8, 4) is 0 Å². The molecule has 0 saturated carbocycles. The van der Waals surface area contributed by atoms with E-state index in [2.05, 4.69) is 5.32 Å². The molecule has 3 N–H and O–H groups in total. The first-order valence-corrected chi connectivity index (χ1v) is 7.17. The number of para-hydroxylation sites is 1. The van der Waals surface area contributed by atoms with E-state index in [0.717, 1.165) is 16.6 Å². The van der Waals surface area contributed by atoms with Gasteiger partial charge in [0.1, 0.15) is 0 Å². The van der Waals surface area contributed by atoms with Crippen LogP contribution in [0.5, 0.6) is 0 Å². The number of hydrogen-bond acceptors (Lipinski definition) is 3. The molecule has 1 aromatic heterocycles. The second-order valence-electron chi connectivity index (χ2n) is 4.66. The number of carbonyl (C=O) groups excluding carboxylic acids is 1. The van der Waals surface area contributed by atoms with Crippen LogP contribution in [0.1, 0.15) is 15.9 Å². The first-order chi connectivity index (χ1) is 9.65. The molecule has 0 fully saturated rings. The molecule has 0 bridgehead atoms. The molecule has 0 saturated heterocycles. The lowest BCUT2D eigenvalue weighted by Crippen LogP contribution is -2.14. The first kappa shape index (κ1) is 12.7. The molecule has 1 amide bonds. The van der Waals surface area contributed by atoms with Crippen LogP contribution in [0, 0.1) is 6.92 Å². The van der Waals surface area contributed by atoms with Crippen molar-refractivity contribution in [2.45, 2.75) is 6.92 Å². The maximum absolute atomic E-state index is 12.3. The Labute approximate surface area is 121 Å². The molecule has 100 valence electrons. The molecule has 20 heavy (non-hydrogen) atoms. The summed E-state index contributed by atoms with van der Waals surface area (Å²) in [6, 6.07) is 13.4. The maximum atomic E-state index is 12.3. The monoisotopic (exact) mass is 282 g/mol. The number of fused-ring (bicyclic) bond motifs is 1. The van der Waals surface area contributed by atoms with Crippen molar-refractivity contribution in [2.75, 3.05) is 11.1 Å². The highest BCUT2D eigenvalue weighted by Crippen LogP contribution is 2.25. The van der Waals surface area contributed by atoms with E-state index in [9.17, 15) is 4.79 Å². The molecule has 1 heterocycles. The van der Waals surface area contributed by atoms with E-state index in [1.54, 1.807) is 17.4 Å². The SMILES string of the molecule is Cc1cccc(C(=O)Nc2ccc3sccc3c2)c1N. The third-order valence-electron chi connectivity index (χ3n) is 3.28. The Morgan fingerprint density at radius 3 is 2.90 bits per heavy atom.